The smallest absolute Gasteiger partial charge is 0.279 e. The Balaban J connectivity index is 1.28. The molecule has 1 N–H and O–H groups in total. The highest BCUT2D eigenvalue weighted by Gasteiger charge is 2.23. The number of hydrogen-bond acceptors (Lipinski definition) is 8. The van der Waals surface area contributed by atoms with Crippen LogP contribution in [-0.4, -0.2) is 84.2 Å². The van der Waals surface area contributed by atoms with Gasteiger partial charge in [-0.2, -0.15) is 9.78 Å². The number of morpholine rings is 1. The standard InChI is InChI=1S/C33H35N7O4/c1-22-28(6-5-7-30(22)39-33(42)29-10-9-27(37(2)3)17-24(29)19-35-39)25-16-26(21-40(4,43)20-25)36-31-11-8-23(18-34-31)32(41)38-12-14-44-15-13-38/h5-11,16-20H,12-15,21H2,1-4H3,(H,34,36). The van der Waals surface area contributed by atoms with Crippen molar-refractivity contribution in [3.63, 3.8) is 0 Å². The predicted octanol–water partition coefficient (Wildman–Crippen LogP) is 3.92. The molecular formula is C33H35N7O4. The van der Waals surface area contributed by atoms with Crippen molar-refractivity contribution in [2.45, 2.75) is 6.92 Å². The normalized spacial score (nSPS) is 18.5. The zero-order valence-corrected chi connectivity index (χ0v) is 25.3. The molecule has 0 bridgehead atoms. The summed E-state index contributed by atoms with van der Waals surface area (Å²) in [6, 6.07) is 14.8. The van der Waals surface area contributed by atoms with Gasteiger partial charge in [-0.3, -0.25) is 9.59 Å². The topological polar surface area (TPSA) is 116 Å². The third kappa shape index (κ3) is 5.85. The van der Waals surface area contributed by atoms with Crippen molar-refractivity contribution in [2.75, 3.05) is 64.2 Å². The van der Waals surface area contributed by atoms with Gasteiger partial charge in [0.25, 0.3) is 11.5 Å². The van der Waals surface area contributed by atoms with E-state index in [2.05, 4.69) is 15.4 Å². The molecule has 1 unspecified atom stereocenters. The van der Waals surface area contributed by atoms with E-state index in [1.807, 2.05) is 68.4 Å². The van der Waals surface area contributed by atoms with Crippen LogP contribution in [0.5, 0.6) is 0 Å². The molecule has 226 valence electrons. The van der Waals surface area contributed by atoms with E-state index in [1.165, 1.54) is 4.68 Å². The maximum Gasteiger partial charge on any atom is 0.279 e. The number of carbonyl (C=O) groups is 1. The molecule has 0 spiro atoms. The molecule has 11 nitrogen and oxygen atoms in total. The monoisotopic (exact) mass is 593 g/mol. The van der Waals surface area contributed by atoms with Gasteiger partial charge in [0.2, 0.25) is 0 Å². The van der Waals surface area contributed by atoms with Gasteiger partial charge in [-0.15, -0.1) is 0 Å². The number of benzene rings is 2. The minimum Gasteiger partial charge on any atom is -0.628 e. The summed E-state index contributed by atoms with van der Waals surface area (Å²) >= 11 is 0. The average molecular weight is 594 g/mol. The number of quaternary nitrogens is 1. The Morgan fingerprint density at radius 2 is 1.89 bits per heavy atom. The third-order valence-electron chi connectivity index (χ3n) is 7.95. The predicted molar refractivity (Wildman–Crippen MR) is 171 cm³/mol. The summed E-state index contributed by atoms with van der Waals surface area (Å²) in [5.41, 5.74) is 4.96. The lowest BCUT2D eigenvalue weighted by Crippen LogP contribution is -2.40. The van der Waals surface area contributed by atoms with Gasteiger partial charge >= 0.3 is 0 Å². The zero-order chi connectivity index (χ0) is 31.0. The van der Waals surface area contributed by atoms with Gasteiger partial charge in [-0.1, -0.05) is 12.1 Å². The third-order valence-corrected chi connectivity index (χ3v) is 7.95. The molecule has 2 aromatic heterocycles. The van der Waals surface area contributed by atoms with Gasteiger partial charge in [0.05, 0.1) is 48.8 Å². The summed E-state index contributed by atoms with van der Waals surface area (Å²) < 4.78 is 6.12. The summed E-state index contributed by atoms with van der Waals surface area (Å²) in [5, 5.41) is 22.5. The van der Waals surface area contributed by atoms with Gasteiger partial charge in [0, 0.05) is 50.0 Å². The molecule has 4 heterocycles. The lowest BCUT2D eigenvalue weighted by Gasteiger charge is -2.38. The molecule has 1 atom stereocenters. The number of likely N-dealkylation sites (N-methyl/N-ethyl adjacent to an activating group) is 1. The number of fused-ring (bicyclic) bond motifs is 1. The van der Waals surface area contributed by atoms with E-state index in [9.17, 15) is 14.8 Å². The van der Waals surface area contributed by atoms with Crippen LogP contribution in [0.2, 0.25) is 0 Å². The molecule has 0 radical (unpaired) electrons. The van der Waals surface area contributed by atoms with Gasteiger partial charge in [0.15, 0.2) is 0 Å². The lowest BCUT2D eigenvalue weighted by atomic mass is 9.97. The van der Waals surface area contributed by atoms with E-state index in [1.54, 1.807) is 42.7 Å². The summed E-state index contributed by atoms with van der Waals surface area (Å²) in [7, 11) is 5.49. The number of rotatable bonds is 6. The lowest BCUT2D eigenvalue weighted by molar-refractivity contribution is -0.802. The fourth-order valence-corrected chi connectivity index (χ4v) is 5.63. The van der Waals surface area contributed by atoms with E-state index in [0.29, 0.717) is 54.5 Å². The Labute approximate surface area is 255 Å². The molecule has 2 aliphatic rings. The van der Waals surface area contributed by atoms with Gasteiger partial charge in [0.1, 0.15) is 18.6 Å². The maximum atomic E-state index is 13.5. The molecule has 2 aromatic carbocycles. The van der Waals surface area contributed by atoms with Crippen LogP contribution in [0.25, 0.3) is 22.0 Å². The Morgan fingerprint density at radius 3 is 2.61 bits per heavy atom. The molecule has 11 heteroatoms. The molecule has 0 aliphatic carbocycles. The Hall–Kier alpha value is -4.84. The first kappa shape index (κ1) is 29.2. The number of pyridine rings is 1. The van der Waals surface area contributed by atoms with E-state index in [0.717, 1.165) is 27.8 Å². The van der Waals surface area contributed by atoms with E-state index < -0.39 is 4.65 Å². The van der Waals surface area contributed by atoms with Crippen LogP contribution in [-0.2, 0) is 4.74 Å². The van der Waals surface area contributed by atoms with Gasteiger partial charge < -0.3 is 29.7 Å². The first-order chi connectivity index (χ1) is 21.1. The van der Waals surface area contributed by atoms with Gasteiger partial charge in [-0.25, -0.2) is 4.98 Å². The largest absolute Gasteiger partial charge is 0.628 e. The van der Waals surface area contributed by atoms with E-state index >= 15 is 0 Å². The molecule has 4 aromatic rings. The summed E-state index contributed by atoms with van der Waals surface area (Å²) in [6.45, 7) is 4.29. The summed E-state index contributed by atoms with van der Waals surface area (Å²) in [6.07, 6.45) is 6.84. The molecule has 44 heavy (non-hydrogen) atoms. The van der Waals surface area contributed by atoms with Crippen LogP contribution in [0, 0.1) is 12.1 Å². The number of nitrogens with one attached hydrogen (secondary N) is 1. The second-order valence-electron chi connectivity index (χ2n) is 11.5. The van der Waals surface area contributed by atoms with Crippen molar-refractivity contribution in [1.29, 1.82) is 0 Å². The van der Waals surface area contributed by atoms with Crippen molar-refractivity contribution >= 4 is 33.8 Å². The number of carbonyl (C=O) groups excluding carboxylic acids is 1. The average Bonchev–Trinajstić information content (AvgIpc) is 3.01. The number of hydroxylamine groups is 3. The number of allylic oxidation sites excluding steroid dienone is 2. The van der Waals surface area contributed by atoms with E-state index in [4.69, 9.17) is 4.74 Å². The zero-order valence-electron chi connectivity index (χ0n) is 25.3. The highest BCUT2D eigenvalue weighted by atomic mass is 16.5. The highest BCUT2D eigenvalue weighted by Crippen LogP contribution is 2.31. The molecular weight excluding hydrogens is 558 g/mol. The number of aromatic nitrogens is 3. The van der Waals surface area contributed by atoms with Gasteiger partial charge in [-0.05, 0) is 60.5 Å². The molecule has 6 rings (SSSR count). The Morgan fingerprint density at radius 1 is 1.09 bits per heavy atom. The Kier molecular flexibility index (Phi) is 7.76. The second-order valence-corrected chi connectivity index (χ2v) is 11.5. The van der Waals surface area contributed by atoms with Crippen LogP contribution in [0.15, 0.2) is 83.7 Å². The number of nitrogens with zero attached hydrogens (tertiary/aromatic N) is 6. The summed E-state index contributed by atoms with van der Waals surface area (Å²) in [5.74, 6) is 0.456. The first-order valence-corrected chi connectivity index (χ1v) is 14.5. The fraction of sp³-hybridized carbons (Fsp3) is 0.273. The molecule has 2 aliphatic heterocycles. The van der Waals surface area contributed by atoms with Crippen molar-refractivity contribution in [3.8, 4) is 5.69 Å². The molecule has 1 saturated heterocycles. The van der Waals surface area contributed by atoms with Crippen LogP contribution >= 0.6 is 0 Å². The van der Waals surface area contributed by atoms with Crippen molar-refractivity contribution < 1.29 is 14.2 Å². The summed E-state index contributed by atoms with van der Waals surface area (Å²) in [4.78, 5) is 34.5. The first-order valence-electron chi connectivity index (χ1n) is 14.5. The van der Waals surface area contributed by atoms with Crippen LogP contribution in [0.1, 0.15) is 21.5 Å². The Bertz CT molecular complexity index is 1850. The molecule has 0 saturated carbocycles. The maximum absolute atomic E-state index is 13.5. The fourth-order valence-electron chi connectivity index (χ4n) is 5.63. The number of hydrogen-bond donors (Lipinski definition) is 1. The van der Waals surface area contributed by atoms with Crippen molar-refractivity contribution in [3.05, 3.63) is 111 Å². The molecule has 1 amide bonds. The van der Waals surface area contributed by atoms with Crippen LogP contribution in [0.3, 0.4) is 0 Å². The SMILES string of the molecule is Cc1c(C2=C[N+](C)([O-])CC(Nc3ccc(C(=O)N4CCOCC4)cn3)=C2)cccc1-n1ncc2cc(N(C)C)ccc2c1=O. The number of anilines is 2. The van der Waals surface area contributed by atoms with E-state index in [-0.39, 0.29) is 18.0 Å². The molecule has 1 fully saturated rings. The van der Waals surface area contributed by atoms with Crippen LogP contribution in [0.4, 0.5) is 11.5 Å². The minimum atomic E-state index is -0.631. The quantitative estimate of drug-likeness (QED) is 0.264. The van der Waals surface area contributed by atoms with Crippen LogP contribution < -0.4 is 15.8 Å². The van der Waals surface area contributed by atoms with Crippen molar-refractivity contribution in [1.82, 2.24) is 19.7 Å². The number of ether oxygens (including phenoxy) is 1. The van der Waals surface area contributed by atoms with Crippen molar-refractivity contribution in [2.24, 2.45) is 0 Å². The highest BCUT2D eigenvalue weighted by molar-refractivity contribution is 5.94. The second kappa shape index (κ2) is 11.7. The minimum absolute atomic E-state index is 0.0769. The number of amides is 1.